The van der Waals surface area contributed by atoms with Crippen LogP contribution in [-0.2, 0) is 4.74 Å². The molecule has 1 amide bonds. The van der Waals surface area contributed by atoms with E-state index in [0.717, 1.165) is 58.7 Å². The lowest BCUT2D eigenvalue weighted by Gasteiger charge is -2.34. The number of rotatable bonds is 7. The van der Waals surface area contributed by atoms with Gasteiger partial charge in [-0.25, -0.2) is 14.4 Å². The van der Waals surface area contributed by atoms with Crippen LogP contribution in [0.15, 0.2) is 24.5 Å². The fourth-order valence-electron chi connectivity index (χ4n) is 5.26. The van der Waals surface area contributed by atoms with Crippen molar-refractivity contribution in [3.8, 4) is 0 Å². The molecule has 0 radical (unpaired) electrons. The van der Waals surface area contributed by atoms with Gasteiger partial charge in [0.15, 0.2) is 11.6 Å². The fraction of sp³-hybridized carbons (Fsp3) is 0.500. The fourth-order valence-corrected chi connectivity index (χ4v) is 6.52. The topological polar surface area (TPSA) is 82.6 Å². The number of hydrogen-bond donors (Lipinski definition) is 2. The Kier molecular flexibility index (Phi) is 7.36. The molecular weight excluding hydrogens is 479 g/mol. The first-order valence-corrected chi connectivity index (χ1v) is 13.3. The Hall–Kier alpha value is -2.82. The molecule has 3 aromatic heterocycles. The summed E-state index contributed by atoms with van der Waals surface area (Å²) in [6.07, 6.45) is 7.99. The van der Waals surface area contributed by atoms with Crippen molar-refractivity contribution in [3.05, 3.63) is 40.8 Å². The number of fused-ring (bicyclic) bond motifs is 1. The van der Waals surface area contributed by atoms with Crippen molar-refractivity contribution in [2.24, 2.45) is 0 Å². The molecule has 5 rings (SSSR count). The molecule has 1 aliphatic heterocycles. The molecule has 4 heterocycles. The number of nitrogens with one attached hydrogen (secondary N) is 2. The van der Waals surface area contributed by atoms with Gasteiger partial charge < -0.3 is 25.2 Å². The van der Waals surface area contributed by atoms with Crippen LogP contribution in [0.3, 0.4) is 0 Å². The van der Waals surface area contributed by atoms with E-state index in [-0.39, 0.29) is 17.8 Å². The Morgan fingerprint density at radius 3 is 2.81 bits per heavy atom. The van der Waals surface area contributed by atoms with Gasteiger partial charge in [0.2, 0.25) is 0 Å². The maximum Gasteiger partial charge on any atom is 0.263 e. The maximum absolute atomic E-state index is 15.1. The first-order valence-electron chi connectivity index (χ1n) is 12.5. The van der Waals surface area contributed by atoms with E-state index in [1.807, 2.05) is 6.07 Å². The van der Waals surface area contributed by atoms with Crippen molar-refractivity contribution in [2.45, 2.75) is 37.6 Å². The third-order valence-electron chi connectivity index (χ3n) is 7.04. The molecule has 8 nitrogen and oxygen atoms in total. The van der Waals surface area contributed by atoms with Gasteiger partial charge in [-0.1, -0.05) is 12.8 Å². The molecule has 0 aromatic carbocycles. The number of amides is 1. The number of carbonyl (C=O) groups excluding carboxylic acids is 1. The van der Waals surface area contributed by atoms with Crippen LogP contribution in [-0.4, -0.2) is 74.3 Å². The maximum atomic E-state index is 15.1. The Bertz CT molecular complexity index is 1240. The molecule has 2 N–H and O–H groups in total. The summed E-state index contributed by atoms with van der Waals surface area (Å²) in [5, 5.41) is 7.50. The zero-order valence-electron chi connectivity index (χ0n) is 21.0. The van der Waals surface area contributed by atoms with Gasteiger partial charge in [0.1, 0.15) is 5.82 Å². The number of thiophene rings is 1. The summed E-state index contributed by atoms with van der Waals surface area (Å²) >= 11 is 1.50. The van der Waals surface area contributed by atoms with Crippen LogP contribution in [0.5, 0.6) is 0 Å². The smallest absolute Gasteiger partial charge is 0.263 e. The third kappa shape index (κ3) is 5.02. The van der Waals surface area contributed by atoms with E-state index in [2.05, 4.69) is 25.5 Å². The average molecular weight is 513 g/mol. The van der Waals surface area contributed by atoms with Crippen LogP contribution >= 0.6 is 11.3 Å². The standard InChI is InChI=1S/C26H33FN6O2S/c1-32(2)26(34)24-23(16-6-4-5-7-16)19-11-22(29-13-21(19)36-24)31-25-20(27)10-18(12-30-25)33-9-8-28-17(14-33)15-35-3/h10-13,16-17,28H,4-9,14-15H2,1-3H3,(H,29,30,31)/t17-/m1/s1. The van der Waals surface area contributed by atoms with Gasteiger partial charge in [0.25, 0.3) is 5.91 Å². The first kappa shape index (κ1) is 24.9. The lowest BCUT2D eigenvalue weighted by Crippen LogP contribution is -2.52. The molecule has 1 aliphatic carbocycles. The summed E-state index contributed by atoms with van der Waals surface area (Å²) < 4.78 is 21.3. The highest BCUT2D eigenvalue weighted by Gasteiger charge is 2.28. The molecule has 1 saturated carbocycles. The molecule has 1 atom stereocenters. The van der Waals surface area contributed by atoms with E-state index in [1.165, 1.54) is 30.2 Å². The number of ether oxygens (including phenoxy) is 1. The predicted molar refractivity (Wildman–Crippen MR) is 142 cm³/mol. The Morgan fingerprint density at radius 2 is 2.08 bits per heavy atom. The number of anilines is 3. The second kappa shape index (κ2) is 10.7. The summed E-state index contributed by atoms with van der Waals surface area (Å²) in [5.41, 5.74) is 1.86. The summed E-state index contributed by atoms with van der Waals surface area (Å²) in [5.74, 6) is 0.613. The van der Waals surface area contributed by atoms with Crippen LogP contribution in [0.25, 0.3) is 10.1 Å². The van der Waals surface area contributed by atoms with E-state index >= 15 is 4.39 Å². The number of nitrogens with zero attached hydrogens (tertiary/aromatic N) is 4. The number of hydrogen-bond acceptors (Lipinski definition) is 8. The van der Waals surface area contributed by atoms with E-state index in [9.17, 15) is 4.79 Å². The quantitative estimate of drug-likeness (QED) is 0.487. The van der Waals surface area contributed by atoms with Crippen molar-refractivity contribution in [1.82, 2.24) is 20.2 Å². The molecule has 2 aliphatic rings. The van der Waals surface area contributed by atoms with Gasteiger partial charge in [0.05, 0.1) is 28.1 Å². The minimum absolute atomic E-state index is 0.0246. The predicted octanol–water partition coefficient (Wildman–Crippen LogP) is 4.36. The lowest BCUT2D eigenvalue weighted by molar-refractivity contribution is 0.0831. The number of aromatic nitrogens is 2. The van der Waals surface area contributed by atoms with Crippen LogP contribution in [0.2, 0.25) is 0 Å². The minimum Gasteiger partial charge on any atom is -0.383 e. The van der Waals surface area contributed by atoms with Crippen molar-refractivity contribution >= 4 is 44.7 Å². The van der Waals surface area contributed by atoms with E-state index in [0.29, 0.717) is 18.3 Å². The highest BCUT2D eigenvalue weighted by atomic mass is 32.1. The van der Waals surface area contributed by atoms with Gasteiger partial charge in [-0.15, -0.1) is 11.3 Å². The normalized spacial score (nSPS) is 18.7. The van der Waals surface area contributed by atoms with Crippen LogP contribution in [0.4, 0.5) is 21.7 Å². The van der Waals surface area contributed by atoms with Gasteiger partial charge in [-0.2, -0.15) is 0 Å². The van der Waals surface area contributed by atoms with Crippen molar-refractivity contribution in [3.63, 3.8) is 0 Å². The van der Waals surface area contributed by atoms with E-state index in [4.69, 9.17) is 4.74 Å². The molecular formula is C26H33FN6O2S. The van der Waals surface area contributed by atoms with Crippen molar-refractivity contribution in [1.29, 1.82) is 0 Å². The summed E-state index contributed by atoms with van der Waals surface area (Å²) in [4.78, 5) is 26.4. The second-order valence-corrected chi connectivity index (χ2v) is 10.8. The highest BCUT2D eigenvalue weighted by molar-refractivity contribution is 7.21. The average Bonchev–Trinajstić information content (AvgIpc) is 3.52. The Labute approximate surface area is 214 Å². The van der Waals surface area contributed by atoms with E-state index < -0.39 is 5.82 Å². The lowest BCUT2D eigenvalue weighted by atomic mass is 9.94. The molecule has 10 heteroatoms. The highest BCUT2D eigenvalue weighted by Crippen LogP contribution is 2.44. The van der Waals surface area contributed by atoms with Crippen LogP contribution in [0, 0.1) is 5.82 Å². The van der Waals surface area contributed by atoms with Gasteiger partial charge in [-0.05, 0) is 30.4 Å². The zero-order chi connectivity index (χ0) is 25.2. The summed E-state index contributed by atoms with van der Waals surface area (Å²) in [6, 6.07) is 3.66. The molecule has 3 aromatic rings. The largest absolute Gasteiger partial charge is 0.383 e. The molecule has 0 unspecified atom stereocenters. The number of piperazine rings is 1. The second-order valence-electron chi connectivity index (χ2n) is 9.79. The van der Waals surface area contributed by atoms with Crippen molar-refractivity contribution < 1.29 is 13.9 Å². The van der Waals surface area contributed by atoms with Crippen LogP contribution < -0.4 is 15.5 Å². The number of pyridine rings is 2. The van der Waals surface area contributed by atoms with Gasteiger partial charge >= 0.3 is 0 Å². The number of methoxy groups -OCH3 is 1. The summed E-state index contributed by atoms with van der Waals surface area (Å²) in [7, 11) is 5.25. The molecule has 0 spiro atoms. The third-order valence-corrected chi connectivity index (χ3v) is 8.18. The first-order chi connectivity index (χ1) is 17.4. The SMILES string of the molecule is COC[C@H]1CN(c2cnc(Nc3cc4c(C5CCCC5)c(C(=O)N(C)C)sc4cn3)c(F)c2)CCN1. The molecule has 1 saturated heterocycles. The van der Waals surface area contributed by atoms with Crippen LogP contribution in [0.1, 0.15) is 46.8 Å². The number of carbonyl (C=O) groups is 1. The molecule has 0 bridgehead atoms. The van der Waals surface area contributed by atoms with Gasteiger partial charge in [0, 0.05) is 64.5 Å². The minimum atomic E-state index is -0.430. The number of halogens is 1. The zero-order valence-corrected chi connectivity index (χ0v) is 21.8. The molecule has 36 heavy (non-hydrogen) atoms. The monoisotopic (exact) mass is 512 g/mol. The Morgan fingerprint density at radius 1 is 1.28 bits per heavy atom. The summed E-state index contributed by atoms with van der Waals surface area (Å²) in [6.45, 7) is 2.92. The molecule has 192 valence electrons. The molecule has 2 fully saturated rings. The van der Waals surface area contributed by atoms with Crippen molar-refractivity contribution in [2.75, 3.05) is 57.7 Å². The Balaban J connectivity index is 1.41. The van der Waals surface area contributed by atoms with Gasteiger partial charge in [-0.3, -0.25) is 4.79 Å². The van der Waals surface area contributed by atoms with E-state index in [1.54, 1.807) is 38.5 Å².